The van der Waals surface area contributed by atoms with Gasteiger partial charge in [0.15, 0.2) is 0 Å². The van der Waals surface area contributed by atoms with Crippen LogP contribution in [-0.2, 0) is 45.9 Å². The zero-order chi connectivity index (χ0) is 39.0. The van der Waals surface area contributed by atoms with E-state index in [1.807, 2.05) is 0 Å². The first-order valence-corrected chi connectivity index (χ1v) is 17.2. The van der Waals surface area contributed by atoms with Crippen LogP contribution in [0.15, 0.2) is 36.4 Å². The van der Waals surface area contributed by atoms with Gasteiger partial charge < -0.3 is 54.1 Å². The molecule has 2 aromatic rings. The predicted molar refractivity (Wildman–Crippen MR) is 186 cm³/mol. The molecule has 0 atom stereocenters. The number of ether oxygens (including phenoxy) is 8. The van der Waals surface area contributed by atoms with Gasteiger partial charge in [0.25, 0.3) is 5.91 Å². The molecular formula is C35H53F3N4O11. The standard InChI is InChI=1S/C35H53F3N4O11/c1-34(2,3)42(33(44)45)26-27-23-30(35(36,37)38)41-31(24-27)53-29-6-4-5-28(25-29)32(43)40-8-10-47-12-14-49-16-18-51-20-22-52-21-19-50-17-15-48-13-11-46-9-7-39/h4-6,23-25H,7-22,26,39H2,1-3H3,(H,40,43)(H,44,45). The van der Waals surface area contributed by atoms with Crippen molar-refractivity contribution in [2.24, 2.45) is 5.73 Å². The van der Waals surface area contributed by atoms with E-state index in [1.165, 1.54) is 30.3 Å². The summed E-state index contributed by atoms with van der Waals surface area (Å²) in [6, 6.07) is 7.85. The normalized spacial score (nSPS) is 11.8. The maximum atomic E-state index is 13.6. The first kappa shape index (κ1) is 45.5. The summed E-state index contributed by atoms with van der Waals surface area (Å²) in [5.74, 6) is -0.787. The molecule has 0 fully saturated rings. The molecule has 2 rings (SSSR count). The number of carboxylic acid groups (broad SMARTS) is 1. The number of hydrogen-bond donors (Lipinski definition) is 3. The third kappa shape index (κ3) is 20.4. The minimum Gasteiger partial charge on any atom is -0.465 e. The number of alkyl halides is 3. The molecule has 0 unspecified atom stereocenters. The maximum absolute atomic E-state index is 13.6. The quantitative estimate of drug-likeness (QED) is 0.106. The molecule has 0 aliphatic heterocycles. The van der Waals surface area contributed by atoms with Crippen LogP contribution in [0.3, 0.4) is 0 Å². The second-order valence-corrected chi connectivity index (χ2v) is 12.2. The average molecular weight is 763 g/mol. The van der Waals surface area contributed by atoms with Gasteiger partial charge in [-0.05, 0) is 50.6 Å². The molecule has 4 N–H and O–H groups in total. The summed E-state index contributed by atoms with van der Waals surface area (Å²) >= 11 is 0. The fourth-order valence-corrected chi connectivity index (χ4v) is 4.29. The highest BCUT2D eigenvalue weighted by molar-refractivity contribution is 5.94. The highest BCUT2D eigenvalue weighted by Crippen LogP contribution is 2.32. The SMILES string of the molecule is CC(C)(C)N(Cc1cc(Oc2cccc(C(=O)NCCOCCOCCOCCOCCOCCOCCOCCN)c2)nc(C(F)(F)F)c1)C(=O)O. The van der Waals surface area contributed by atoms with Crippen molar-refractivity contribution in [1.82, 2.24) is 15.2 Å². The van der Waals surface area contributed by atoms with Crippen molar-refractivity contribution in [2.75, 3.05) is 106 Å². The van der Waals surface area contributed by atoms with Crippen LogP contribution < -0.4 is 15.8 Å². The molecule has 0 radical (unpaired) electrons. The Morgan fingerprint density at radius 3 is 1.70 bits per heavy atom. The van der Waals surface area contributed by atoms with Crippen molar-refractivity contribution in [1.29, 1.82) is 0 Å². The molecule has 300 valence electrons. The van der Waals surface area contributed by atoms with Gasteiger partial charge in [-0.15, -0.1) is 0 Å². The van der Waals surface area contributed by atoms with E-state index in [4.69, 9.17) is 43.6 Å². The van der Waals surface area contributed by atoms with Crippen LogP contribution in [0.25, 0.3) is 0 Å². The fourth-order valence-electron chi connectivity index (χ4n) is 4.29. The molecular weight excluding hydrogens is 709 g/mol. The first-order chi connectivity index (χ1) is 25.3. The van der Waals surface area contributed by atoms with Crippen molar-refractivity contribution < 1.29 is 65.8 Å². The number of halogens is 3. The van der Waals surface area contributed by atoms with Crippen LogP contribution >= 0.6 is 0 Å². The van der Waals surface area contributed by atoms with Gasteiger partial charge in [-0.3, -0.25) is 9.69 Å². The van der Waals surface area contributed by atoms with Gasteiger partial charge in [0.2, 0.25) is 5.88 Å². The topological polar surface area (TPSA) is 182 Å². The number of carbonyl (C=O) groups excluding carboxylic acids is 1. The average Bonchev–Trinajstić information content (AvgIpc) is 3.10. The Morgan fingerprint density at radius 1 is 0.755 bits per heavy atom. The van der Waals surface area contributed by atoms with Crippen molar-refractivity contribution in [3.63, 3.8) is 0 Å². The smallest absolute Gasteiger partial charge is 0.433 e. The van der Waals surface area contributed by atoms with Gasteiger partial charge in [-0.1, -0.05) is 6.07 Å². The number of pyridine rings is 1. The molecule has 1 heterocycles. The zero-order valence-corrected chi connectivity index (χ0v) is 30.6. The Hall–Kier alpha value is -3.62. The summed E-state index contributed by atoms with van der Waals surface area (Å²) in [7, 11) is 0. The van der Waals surface area contributed by atoms with E-state index in [-0.39, 0.29) is 36.6 Å². The predicted octanol–water partition coefficient (Wildman–Crippen LogP) is 3.98. The van der Waals surface area contributed by atoms with Gasteiger partial charge in [-0.2, -0.15) is 13.2 Å². The van der Waals surface area contributed by atoms with E-state index < -0.39 is 35.3 Å². The number of carbonyl (C=O) groups is 2. The number of benzene rings is 1. The number of nitrogens with zero attached hydrogens (tertiary/aromatic N) is 2. The number of nitrogens with two attached hydrogens (primary N) is 1. The van der Waals surface area contributed by atoms with Gasteiger partial charge in [0.05, 0.1) is 92.5 Å². The van der Waals surface area contributed by atoms with E-state index in [1.54, 1.807) is 20.8 Å². The summed E-state index contributed by atoms with van der Waals surface area (Å²) in [6.45, 7) is 11.2. The summed E-state index contributed by atoms with van der Waals surface area (Å²) < 4.78 is 84.3. The minimum absolute atomic E-state index is 0.0338. The van der Waals surface area contributed by atoms with Crippen molar-refractivity contribution in [3.05, 3.63) is 53.2 Å². The lowest BCUT2D eigenvalue weighted by Crippen LogP contribution is -2.44. The molecule has 0 aliphatic carbocycles. The van der Waals surface area contributed by atoms with Crippen LogP contribution in [0.4, 0.5) is 18.0 Å². The third-order valence-corrected chi connectivity index (χ3v) is 6.88. The fraction of sp³-hybridized carbons (Fsp3) is 0.629. The highest BCUT2D eigenvalue weighted by atomic mass is 19.4. The molecule has 0 saturated carbocycles. The Bertz CT molecular complexity index is 1330. The number of nitrogens with one attached hydrogen (secondary N) is 1. The lowest BCUT2D eigenvalue weighted by Gasteiger charge is -2.33. The third-order valence-electron chi connectivity index (χ3n) is 6.88. The summed E-state index contributed by atoms with van der Waals surface area (Å²) in [5, 5.41) is 12.3. The molecule has 1 aromatic heterocycles. The Balaban J connectivity index is 1.60. The van der Waals surface area contributed by atoms with E-state index in [0.29, 0.717) is 92.4 Å². The van der Waals surface area contributed by atoms with Crippen molar-refractivity contribution in [2.45, 2.75) is 39.0 Å². The Morgan fingerprint density at radius 2 is 1.25 bits per heavy atom. The van der Waals surface area contributed by atoms with Crippen LogP contribution in [0.1, 0.15) is 42.4 Å². The van der Waals surface area contributed by atoms with Gasteiger partial charge in [0, 0.05) is 36.8 Å². The van der Waals surface area contributed by atoms with Crippen LogP contribution in [-0.4, -0.2) is 138 Å². The monoisotopic (exact) mass is 762 g/mol. The van der Waals surface area contributed by atoms with Crippen molar-refractivity contribution >= 4 is 12.0 Å². The van der Waals surface area contributed by atoms with Crippen LogP contribution in [0.5, 0.6) is 11.6 Å². The molecule has 2 amide bonds. The summed E-state index contributed by atoms with van der Waals surface area (Å²) in [4.78, 5) is 29.0. The molecule has 18 heteroatoms. The molecule has 15 nitrogen and oxygen atoms in total. The van der Waals surface area contributed by atoms with Crippen LogP contribution in [0.2, 0.25) is 0 Å². The lowest BCUT2D eigenvalue weighted by atomic mass is 10.1. The zero-order valence-electron chi connectivity index (χ0n) is 30.6. The Kier molecular flexibility index (Phi) is 21.8. The first-order valence-electron chi connectivity index (χ1n) is 17.2. The number of hydrogen-bond acceptors (Lipinski definition) is 12. The largest absolute Gasteiger partial charge is 0.465 e. The molecule has 0 aliphatic rings. The number of aromatic nitrogens is 1. The molecule has 53 heavy (non-hydrogen) atoms. The van der Waals surface area contributed by atoms with Crippen LogP contribution in [0, 0.1) is 0 Å². The second kappa shape index (κ2) is 25.4. The van der Waals surface area contributed by atoms with E-state index in [0.717, 1.165) is 11.0 Å². The van der Waals surface area contributed by atoms with Gasteiger partial charge in [-0.25, -0.2) is 9.78 Å². The summed E-state index contributed by atoms with van der Waals surface area (Å²) in [6.07, 6.45) is -6.10. The number of amides is 2. The maximum Gasteiger partial charge on any atom is 0.433 e. The highest BCUT2D eigenvalue weighted by Gasteiger charge is 2.34. The van der Waals surface area contributed by atoms with Gasteiger partial charge >= 0.3 is 12.3 Å². The molecule has 0 spiro atoms. The Labute approximate surface area is 308 Å². The molecule has 0 bridgehead atoms. The van der Waals surface area contributed by atoms with Crippen molar-refractivity contribution in [3.8, 4) is 11.6 Å². The lowest BCUT2D eigenvalue weighted by molar-refractivity contribution is -0.141. The molecule has 0 saturated heterocycles. The minimum atomic E-state index is -4.81. The van der Waals surface area contributed by atoms with E-state index in [9.17, 15) is 27.9 Å². The van der Waals surface area contributed by atoms with Gasteiger partial charge in [0.1, 0.15) is 11.4 Å². The number of rotatable bonds is 28. The van der Waals surface area contributed by atoms with E-state index >= 15 is 0 Å². The summed E-state index contributed by atoms with van der Waals surface area (Å²) in [5.41, 5.74) is 3.44. The molecule has 1 aromatic carbocycles. The second-order valence-electron chi connectivity index (χ2n) is 12.2. The van der Waals surface area contributed by atoms with E-state index in [2.05, 4.69) is 10.3 Å².